The fraction of sp³-hybridized carbons (Fsp3) is 0.0833. The molecule has 0 aliphatic carbocycles. The molecule has 0 spiro atoms. The van der Waals surface area contributed by atoms with Crippen molar-refractivity contribution in [1.82, 2.24) is 0 Å². The van der Waals surface area contributed by atoms with Crippen molar-refractivity contribution in [2.75, 3.05) is 16.8 Å². The highest BCUT2D eigenvalue weighted by molar-refractivity contribution is 8.04. The Bertz CT molecular complexity index is 1260. The van der Waals surface area contributed by atoms with E-state index in [-0.39, 0.29) is 21.3 Å². The third-order valence-corrected chi connectivity index (χ3v) is 6.32. The number of para-hydroxylation sites is 2. The Morgan fingerprint density at radius 2 is 1.73 bits per heavy atom. The number of carbonyl (C=O) groups is 2. The maximum Gasteiger partial charge on any atom is 0.283 e. The number of carbonyl (C=O) groups excluding carboxylic acids is 2. The van der Waals surface area contributed by atoms with Crippen molar-refractivity contribution >= 4 is 58.2 Å². The molecule has 0 atom stereocenters. The molecule has 0 radical (unpaired) electrons. The minimum Gasteiger partial charge on any atom is -0.492 e. The summed E-state index contributed by atoms with van der Waals surface area (Å²) in [7, 11) is 0. The van der Waals surface area contributed by atoms with Gasteiger partial charge in [0, 0.05) is 9.92 Å². The smallest absolute Gasteiger partial charge is 0.283 e. The van der Waals surface area contributed by atoms with Crippen LogP contribution in [0, 0.1) is 5.82 Å². The zero-order chi connectivity index (χ0) is 23.5. The Morgan fingerprint density at radius 3 is 2.42 bits per heavy atom. The van der Waals surface area contributed by atoms with E-state index in [1.807, 2.05) is 13.0 Å². The zero-order valence-electron chi connectivity index (χ0n) is 17.3. The first-order valence-electron chi connectivity index (χ1n) is 9.89. The van der Waals surface area contributed by atoms with Crippen molar-refractivity contribution in [1.29, 1.82) is 0 Å². The van der Waals surface area contributed by atoms with Gasteiger partial charge in [-0.15, -0.1) is 0 Å². The van der Waals surface area contributed by atoms with Gasteiger partial charge in [0.1, 0.15) is 22.2 Å². The van der Waals surface area contributed by atoms with Crippen molar-refractivity contribution in [3.05, 3.63) is 93.2 Å². The van der Waals surface area contributed by atoms with Crippen LogP contribution in [-0.4, -0.2) is 18.4 Å². The van der Waals surface area contributed by atoms with Crippen molar-refractivity contribution in [3.8, 4) is 5.75 Å². The third-order valence-electron chi connectivity index (χ3n) is 4.68. The van der Waals surface area contributed by atoms with Gasteiger partial charge in [-0.3, -0.25) is 9.59 Å². The molecule has 0 aromatic heterocycles. The lowest BCUT2D eigenvalue weighted by molar-refractivity contribution is -0.120. The SMILES string of the molecule is CCOc1ccccc1NC1=C(Sc2ccc(Cl)cc2)C(=O)N(c2ccc(F)c(Cl)c2)C1=O. The number of anilines is 2. The molecule has 33 heavy (non-hydrogen) atoms. The van der Waals surface area contributed by atoms with Crippen LogP contribution in [0.1, 0.15) is 6.92 Å². The summed E-state index contributed by atoms with van der Waals surface area (Å²) >= 11 is 13.0. The molecule has 1 aliphatic rings. The van der Waals surface area contributed by atoms with E-state index in [1.54, 1.807) is 42.5 Å². The normalized spacial score (nSPS) is 13.6. The molecule has 0 saturated heterocycles. The minimum absolute atomic E-state index is 0.0764. The molecular formula is C24H17Cl2FN2O3S. The molecule has 0 unspecified atom stereocenters. The van der Waals surface area contributed by atoms with Crippen LogP contribution in [0.3, 0.4) is 0 Å². The minimum atomic E-state index is -0.646. The number of benzene rings is 3. The molecule has 0 fully saturated rings. The van der Waals surface area contributed by atoms with E-state index in [0.29, 0.717) is 28.0 Å². The maximum atomic E-state index is 13.7. The predicted octanol–water partition coefficient (Wildman–Crippen LogP) is 6.52. The van der Waals surface area contributed by atoms with Gasteiger partial charge in [-0.05, 0) is 61.5 Å². The van der Waals surface area contributed by atoms with E-state index in [1.165, 1.54) is 12.1 Å². The van der Waals surface area contributed by atoms with Gasteiger partial charge in [-0.2, -0.15) is 0 Å². The second-order valence-electron chi connectivity index (χ2n) is 6.86. The Kier molecular flexibility index (Phi) is 6.93. The Hall–Kier alpha value is -3.00. The average Bonchev–Trinajstić information content (AvgIpc) is 3.02. The molecule has 1 heterocycles. The molecule has 0 bridgehead atoms. The van der Waals surface area contributed by atoms with Gasteiger partial charge in [0.15, 0.2) is 0 Å². The van der Waals surface area contributed by atoms with E-state index in [2.05, 4.69) is 5.32 Å². The highest BCUT2D eigenvalue weighted by atomic mass is 35.5. The highest BCUT2D eigenvalue weighted by Gasteiger charge is 2.40. The zero-order valence-corrected chi connectivity index (χ0v) is 19.6. The maximum absolute atomic E-state index is 13.7. The van der Waals surface area contributed by atoms with Crippen molar-refractivity contribution in [2.45, 2.75) is 11.8 Å². The summed E-state index contributed by atoms with van der Waals surface area (Å²) in [6.07, 6.45) is 0. The van der Waals surface area contributed by atoms with Gasteiger partial charge in [-0.1, -0.05) is 47.1 Å². The Balaban J connectivity index is 1.77. The molecule has 2 amide bonds. The Labute approximate surface area is 204 Å². The van der Waals surface area contributed by atoms with Gasteiger partial charge in [-0.25, -0.2) is 9.29 Å². The van der Waals surface area contributed by atoms with E-state index in [9.17, 15) is 14.0 Å². The summed E-state index contributed by atoms with van der Waals surface area (Å²) in [5, 5.41) is 3.43. The summed E-state index contributed by atoms with van der Waals surface area (Å²) in [6.45, 7) is 2.28. The first-order chi connectivity index (χ1) is 15.9. The van der Waals surface area contributed by atoms with Gasteiger partial charge in [0.05, 0.1) is 23.0 Å². The van der Waals surface area contributed by atoms with Crippen LogP contribution in [-0.2, 0) is 9.59 Å². The number of thioether (sulfide) groups is 1. The molecule has 9 heteroatoms. The van der Waals surface area contributed by atoms with E-state index >= 15 is 0 Å². The van der Waals surface area contributed by atoms with E-state index in [0.717, 1.165) is 22.7 Å². The van der Waals surface area contributed by atoms with Crippen LogP contribution in [0.5, 0.6) is 5.75 Å². The van der Waals surface area contributed by atoms with E-state index < -0.39 is 17.6 Å². The summed E-state index contributed by atoms with van der Waals surface area (Å²) in [4.78, 5) is 28.7. The number of amides is 2. The lowest BCUT2D eigenvalue weighted by Gasteiger charge is -2.16. The third kappa shape index (κ3) is 4.85. The highest BCUT2D eigenvalue weighted by Crippen LogP contribution is 2.39. The summed E-state index contributed by atoms with van der Waals surface area (Å²) in [5.74, 6) is -1.26. The lowest BCUT2D eigenvalue weighted by Crippen LogP contribution is -2.32. The van der Waals surface area contributed by atoms with Crippen molar-refractivity contribution in [2.24, 2.45) is 0 Å². The van der Waals surface area contributed by atoms with Gasteiger partial charge in [0.2, 0.25) is 0 Å². The van der Waals surface area contributed by atoms with Gasteiger partial charge in [0.25, 0.3) is 11.8 Å². The first kappa shape index (κ1) is 23.2. The van der Waals surface area contributed by atoms with Gasteiger partial charge < -0.3 is 10.1 Å². The predicted molar refractivity (Wildman–Crippen MR) is 129 cm³/mol. The lowest BCUT2D eigenvalue weighted by atomic mass is 10.2. The largest absolute Gasteiger partial charge is 0.492 e. The fourth-order valence-corrected chi connectivity index (χ4v) is 4.41. The van der Waals surface area contributed by atoms with Crippen LogP contribution >= 0.6 is 35.0 Å². The number of ether oxygens (including phenoxy) is 1. The molecule has 1 aliphatic heterocycles. The molecule has 0 saturated carbocycles. The number of hydrogen-bond acceptors (Lipinski definition) is 5. The molecule has 5 nitrogen and oxygen atoms in total. The quantitative estimate of drug-likeness (QED) is 0.372. The van der Waals surface area contributed by atoms with Crippen LogP contribution in [0.25, 0.3) is 0 Å². The summed E-state index contributed by atoms with van der Waals surface area (Å²) < 4.78 is 19.3. The molecule has 4 rings (SSSR count). The molecule has 1 N–H and O–H groups in total. The van der Waals surface area contributed by atoms with Crippen LogP contribution in [0.2, 0.25) is 10.0 Å². The molecule has 168 valence electrons. The number of halogens is 3. The summed E-state index contributed by atoms with van der Waals surface area (Å²) in [6, 6.07) is 17.7. The van der Waals surface area contributed by atoms with Crippen LogP contribution in [0.15, 0.2) is 82.2 Å². The second-order valence-corrected chi connectivity index (χ2v) is 8.79. The molecular weight excluding hydrogens is 486 g/mol. The number of rotatable bonds is 7. The number of nitrogens with one attached hydrogen (secondary N) is 1. The average molecular weight is 503 g/mol. The number of imide groups is 1. The topological polar surface area (TPSA) is 58.6 Å². The molecule has 3 aromatic rings. The van der Waals surface area contributed by atoms with Crippen molar-refractivity contribution in [3.63, 3.8) is 0 Å². The van der Waals surface area contributed by atoms with E-state index in [4.69, 9.17) is 27.9 Å². The van der Waals surface area contributed by atoms with Crippen molar-refractivity contribution < 1.29 is 18.7 Å². The number of nitrogens with zero attached hydrogens (tertiary/aromatic N) is 1. The van der Waals surface area contributed by atoms with Crippen LogP contribution in [0.4, 0.5) is 15.8 Å². The number of hydrogen-bond donors (Lipinski definition) is 1. The second kappa shape index (κ2) is 9.87. The summed E-state index contributed by atoms with van der Waals surface area (Å²) in [5.41, 5.74) is 0.775. The Morgan fingerprint density at radius 1 is 1.00 bits per heavy atom. The van der Waals surface area contributed by atoms with Crippen LogP contribution < -0.4 is 15.0 Å². The standard InChI is InChI=1S/C24H17Cl2FN2O3S/c1-2-32-20-6-4-3-5-19(20)28-21-22(33-16-10-7-14(25)8-11-16)24(31)29(23(21)30)15-9-12-18(27)17(26)13-15/h3-13,28H,2H2,1H3. The fourth-order valence-electron chi connectivity index (χ4n) is 3.18. The van der Waals surface area contributed by atoms with Gasteiger partial charge >= 0.3 is 0 Å². The molecule has 3 aromatic carbocycles. The first-order valence-corrected chi connectivity index (χ1v) is 11.5. The monoisotopic (exact) mass is 502 g/mol.